The third-order valence-corrected chi connectivity index (χ3v) is 6.70. The van der Waals surface area contributed by atoms with Crippen LogP contribution in [0.2, 0.25) is 0 Å². The lowest BCUT2D eigenvalue weighted by molar-refractivity contribution is -0.197. The Morgan fingerprint density at radius 3 is 1.44 bits per heavy atom. The van der Waals surface area contributed by atoms with E-state index in [0.717, 1.165) is 44.9 Å². The molecule has 0 aromatic rings. The fraction of sp³-hybridized carbons (Fsp3) is 0.786. The van der Waals surface area contributed by atoms with Crippen molar-refractivity contribution in [2.24, 2.45) is 0 Å². The highest BCUT2D eigenvalue weighted by molar-refractivity contribution is 6.01. The molecule has 0 saturated carbocycles. The number of carbonyl (C=O) groups is 6. The molecule has 0 aromatic heterocycles. The van der Waals surface area contributed by atoms with Crippen LogP contribution in [0.3, 0.4) is 0 Å². The molecule has 0 bridgehead atoms. The Labute approximate surface area is 231 Å². The number of carbonyl (C=O) groups excluding carboxylic acids is 6. The molecule has 222 valence electrons. The zero-order valence-corrected chi connectivity index (χ0v) is 23.7. The van der Waals surface area contributed by atoms with Crippen LogP contribution in [0.5, 0.6) is 0 Å². The third-order valence-electron chi connectivity index (χ3n) is 6.70. The van der Waals surface area contributed by atoms with Gasteiger partial charge in [-0.2, -0.15) is 0 Å². The number of ether oxygens (including phenoxy) is 2. The molecule has 11 nitrogen and oxygen atoms in total. The predicted octanol–water partition coefficient (Wildman–Crippen LogP) is 4.01. The standard InChI is InChI=1S/C28H46N2O9/c1-37-26(34)16-14-12-10-8-6-4-3-5-7-9-11-13-15-23(31)29(21-19-27(35)38-2)22-20-28(36)39-30-24(32)17-18-25(30)33/h3-22H2,1-2H3. The zero-order valence-electron chi connectivity index (χ0n) is 23.7. The number of hydrogen-bond acceptors (Lipinski definition) is 9. The summed E-state index contributed by atoms with van der Waals surface area (Å²) in [6.07, 6.45) is 13.6. The second-order valence-corrected chi connectivity index (χ2v) is 9.82. The molecule has 0 aromatic carbocycles. The highest BCUT2D eigenvalue weighted by Gasteiger charge is 2.33. The molecule has 1 aliphatic heterocycles. The van der Waals surface area contributed by atoms with E-state index in [1.807, 2.05) is 0 Å². The smallest absolute Gasteiger partial charge is 0.334 e. The van der Waals surface area contributed by atoms with E-state index in [4.69, 9.17) is 4.84 Å². The first kappa shape index (κ1) is 34.0. The molecular weight excluding hydrogens is 508 g/mol. The van der Waals surface area contributed by atoms with E-state index in [2.05, 4.69) is 9.47 Å². The Morgan fingerprint density at radius 1 is 0.590 bits per heavy atom. The van der Waals surface area contributed by atoms with Gasteiger partial charge in [0.05, 0.1) is 27.1 Å². The molecule has 39 heavy (non-hydrogen) atoms. The van der Waals surface area contributed by atoms with Crippen LogP contribution in [0.15, 0.2) is 0 Å². The number of methoxy groups -OCH3 is 2. The first-order valence-electron chi connectivity index (χ1n) is 14.3. The quantitative estimate of drug-likeness (QED) is 0.110. The molecule has 1 rings (SSSR count). The second kappa shape index (κ2) is 20.9. The molecule has 1 heterocycles. The Hall–Kier alpha value is -2.98. The number of hydroxylamine groups is 2. The number of hydrogen-bond donors (Lipinski definition) is 0. The first-order valence-corrected chi connectivity index (χ1v) is 14.3. The van der Waals surface area contributed by atoms with Gasteiger partial charge in [0, 0.05) is 38.8 Å². The highest BCUT2D eigenvalue weighted by Crippen LogP contribution is 2.15. The van der Waals surface area contributed by atoms with E-state index >= 15 is 0 Å². The molecule has 1 aliphatic rings. The number of nitrogens with zero attached hydrogens (tertiary/aromatic N) is 2. The van der Waals surface area contributed by atoms with Crippen LogP contribution in [-0.2, 0) is 43.1 Å². The molecule has 11 heteroatoms. The maximum absolute atomic E-state index is 12.7. The van der Waals surface area contributed by atoms with Crippen molar-refractivity contribution < 1.29 is 43.1 Å². The largest absolute Gasteiger partial charge is 0.469 e. The van der Waals surface area contributed by atoms with Gasteiger partial charge < -0.3 is 19.2 Å². The number of esters is 2. The normalized spacial score (nSPS) is 12.9. The highest BCUT2D eigenvalue weighted by atomic mass is 16.7. The molecular formula is C28H46N2O9. The summed E-state index contributed by atoms with van der Waals surface area (Å²) in [4.78, 5) is 77.0. The van der Waals surface area contributed by atoms with E-state index in [0.29, 0.717) is 17.9 Å². The molecule has 3 amide bonds. The number of amides is 3. The maximum atomic E-state index is 12.7. The molecule has 0 aliphatic carbocycles. The van der Waals surface area contributed by atoms with Crippen LogP contribution < -0.4 is 0 Å². The minimum atomic E-state index is -0.784. The Bertz CT molecular complexity index is 784. The zero-order chi connectivity index (χ0) is 28.9. The Balaban J connectivity index is 2.18. The minimum Gasteiger partial charge on any atom is -0.469 e. The SMILES string of the molecule is COC(=O)CCCCCCCCCCCCCCC(=O)N(CCC(=O)OC)CCC(=O)ON1C(=O)CCC1=O. The molecule has 0 atom stereocenters. The van der Waals surface area contributed by atoms with Gasteiger partial charge in [-0.05, 0) is 12.8 Å². The second-order valence-electron chi connectivity index (χ2n) is 9.82. The van der Waals surface area contributed by atoms with Crippen LogP contribution >= 0.6 is 0 Å². The Kier molecular flexibility index (Phi) is 18.3. The van der Waals surface area contributed by atoms with Crippen LogP contribution in [0, 0.1) is 0 Å². The predicted molar refractivity (Wildman–Crippen MR) is 142 cm³/mol. The van der Waals surface area contributed by atoms with Crippen molar-refractivity contribution in [1.29, 1.82) is 0 Å². The van der Waals surface area contributed by atoms with E-state index in [-0.39, 0.29) is 50.6 Å². The van der Waals surface area contributed by atoms with Gasteiger partial charge in [-0.3, -0.25) is 24.0 Å². The lowest BCUT2D eigenvalue weighted by Gasteiger charge is -2.22. The van der Waals surface area contributed by atoms with Crippen LogP contribution in [0.25, 0.3) is 0 Å². The fourth-order valence-electron chi connectivity index (χ4n) is 4.29. The Morgan fingerprint density at radius 2 is 0.974 bits per heavy atom. The molecule has 1 fully saturated rings. The van der Waals surface area contributed by atoms with Gasteiger partial charge in [0.25, 0.3) is 11.8 Å². The number of rotatable bonds is 22. The lowest BCUT2D eigenvalue weighted by Crippen LogP contribution is -2.37. The average molecular weight is 555 g/mol. The van der Waals surface area contributed by atoms with E-state index in [1.54, 1.807) is 0 Å². The van der Waals surface area contributed by atoms with Gasteiger partial charge in [-0.15, -0.1) is 5.06 Å². The summed E-state index contributed by atoms with van der Waals surface area (Å²) in [5.41, 5.74) is 0. The van der Waals surface area contributed by atoms with E-state index in [9.17, 15) is 28.8 Å². The number of unbranched alkanes of at least 4 members (excludes halogenated alkanes) is 11. The maximum Gasteiger partial charge on any atom is 0.334 e. The van der Waals surface area contributed by atoms with Gasteiger partial charge in [0.2, 0.25) is 5.91 Å². The first-order chi connectivity index (χ1) is 18.8. The van der Waals surface area contributed by atoms with Gasteiger partial charge in [0.15, 0.2) is 0 Å². The summed E-state index contributed by atoms with van der Waals surface area (Å²) in [5.74, 6) is -2.65. The van der Waals surface area contributed by atoms with Crippen molar-refractivity contribution in [3.05, 3.63) is 0 Å². The van der Waals surface area contributed by atoms with Crippen molar-refractivity contribution in [2.45, 2.75) is 116 Å². The summed E-state index contributed by atoms with van der Waals surface area (Å²) < 4.78 is 9.28. The fourth-order valence-corrected chi connectivity index (χ4v) is 4.29. The van der Waals surface area contributed by atoms with Crippen LogP contribution in [0.4, 0.5) is 0 Å². The minimum absolute atomic E-state index is 0.00781. The van der Waals surface area contributed by atoms with Crippen molar-refractivity contribution in [2.75, 3.05) is 27.3 Å². The van der Waals surface area contributed by atoms with E-state index in [1.165, 1.54) is 51.2 Å². The third kappa shape index (κ3) is 15.9. The van der Waals surface area contributed by atoms with Crippen molar-refractivity contribution in [1.82, 2.24) is 9.96 Å². The number of imide groups is 1. The van der Waals surface area contributed by atoms with Gasteiger partial charge in [0.1, 0.15) is 0 Å². The summed E-state index contributed by atoms with van der Waals surface area (Å²) >= 11 is 0. The molecule has 1 saturated heterocycles. The monoisotopic (exact) mass is 554 g/mol. The molecule has 0 spiro atoms. The van der Waals surface area contributed by atoms with Crippen molar-refractivity contribution in [3.8, 4) is 0 Å². The summed E-state index contributed by atoms with van der Waals surface area (Å²) in [6, 6.07) is 0. The van der Waals surface area contributed by atoms with E-state index < -0.39 is 23.8 Å². The molecule has 0 unspecified atom stereocenters. The van der Waals surface area contributed by atoms with Crippen LogP contribution in [-0.4, -0.2) is 72.9 Å². The molecule has 0 N–H and O–H groups in total. The van der Waals surface area contributed by atoms with Gasteiger partial charge in [-0.25, -0.2) is 4.79 Å². The van der Waals surface area contributed by atoms with Gasteiger partial charge in [-0.1, -0.05) is 64.2 Å². The molecule has 0 radical (unpaired) electrons. The lowest BCUT2D eigenvalue weighted by atomic mass is 10.0. The summed E-state index contributed by atoms with van der Waals surface area (Å²) in [7, 11) is 2.69. The van der Waals surface area contributed by atoms with Gasteiger partial charge >= 0.3 is 17.9 Å². The van der Waals surface area contributed by atoms with Crippen molar-refractivity contribution in [3.63, 3.8) is 0 Å². The van der Waals surface area contributed by atoms with Crippen molar-refractivity contribution >= 4 is 35.6 Å². The topological polar surface area (TPSA) is 137 Å². The summed E-state index contributed by atoms with van der Waals surface area (Å²) in [5, 5.41) is 0.485. The summed E-state index contributed by atoms with van der Waals surface area (Å²) in [6.45, 7) is 0.141. The average Bonchev–Trinajstić information content (AvgIpc) is 3.24. The van der Waals surface area contributed by atoms with Crippen LogP contribution in [0.1, 0.15) is 116 Å².